The van der Waals surface area contributed by atoms with E-state index in [1.807, 2.05) is 18.2 Å². The van der Waals surface area contributed by atoms with E-state index in [0.717, 1.165) is 30.6 Å². The number of aromatic nitrogens is 1. The fourth-order valence-electron chi connectivity index (χ4n) is 1.88. The molecule has 0 saturated carbocycles. The van der Waals surface area contributed by atoms with Crippen molar-refractivity contribution in [2.45, 2.75) is 20.3 Å². The summed E-state index contributed by atoms with van der Waals surface area (Å²) in [7, 11) is 0. The lowest BCUT2D eigenvalue weighted by molar-refractivity contribution is 0.353. The smallest absolute Gasteiger partial charge is 0.408 e. The van der Waals surface area contributed by atoms with Crippen LogP contribution in [-0.2, 0) is 6.42 Å². The van der Waals surface area contributed by atoms with Crippen molar-refractivity contribution in [2.24, 2.45) is 11.1 Å². The topological polar surface area (TPSA) is 84.0 Å². The van der Waals surface area contributed by atoms with E-state index in [4.69, 9.17) is 10.2 Å². The van der Waals surface area contributed by atoms with Crippen molar-refractivity contribution in [2.75, 3.05) is 19.6 Å². The Hall–Kier alpha value is -1.59. The molecule has 19 heavy (non-hydrogen) atoms. The number of aromatic amines is 1. The second-order valence-corrected chi connectivity index (χ2v) is 5.64. The summed E-state index contributed by atoms with van der Waals surface area (Å²) in [4.78, 5) is 13.7. The van der Waals surface area contributed by atoms with Crippen molar-refractivity contribution in [1.82, 2.24) is 10.3 Å². The predicted molar refractivity (Wildman–Crippen MR) is 76.2 cm³/mol. The Kier molecular flexibility index (Phi) is 4.07. The summed E-state index contributed by atoms with van der Waals surface area (Å²) >= 11 is 0. The number of hydrogen-bond acceptors (Lipinski definition) is 4. The van der Waals surface area contributed by atoms with Gasteiger partial charge in [0.05, 0.1) is 5.52 Å². The van der Waals surface area contributed by atoms with Crippen LogP contribution in [0.2, 0.25) is 0 Å². The van der Waals surface area contributed by atoms with E-state index >= 15 is 0 Å². The molecule has 104 valence electrons. The lowest BCUT2D eigenvalue weighted by Crippen LogP contribution is -2.36. The summed E-state index contributed by atoms with van der Waals surface area (Å²) in [5.74, 6) is -0.407. The quantitative estimate of drug-likeness (QED) is 0.685. The number of hydrogen-bond donors (Lipinski definition) is 3. The third-order valence-corrected chi connectivity index (χ3v) is 3.23. The predicted octanol–water partition coefficient (Wildman–Crippen LogP) is 1.24. The third-order valence-electron chi connectivity index (χ3n) is 3.23. The average molecular weight is 263 g/mol. The molecular weight excluding hydrogens is 242 g/mol. The van der Waals surface area contributed by atoms with Gasteiger partial charge in [0, 0.05) is 6.54 Å². The number of rotatable bonds is 6. The molecule has 2 aromatic rings. The molecule has 0 fully saturated rings. The van der Waals surface area contributed by atoms with Gasteiger partial charge in [0.2, 0.25) is 0 Å². The highest BCUT2D eigenvalue weighted by Crippen LogP contribution is 2.13. The average Bonchev–Trinajstić information content (AvgIpc) is 2.74. The van der Waals surface area contributed by atoms with Crippen LogP contribution in [0.3, 0.4) is 0 Å². The van der Waals surface area contributed by atoms with Gasteiger partial charge in [0.1, 0.15) is 0 Å². The third kappa shape index (κ3) is 3.68. The molecule has 5 heteroatoms. The van der Waals surface area contributed by atoms with Gasteiger partial charge in [-0.15, -0.1) is 0 Å². The normalized spacial score (nSPS) is 12.2. The van der Waals surface area contributed by atoms with Crippen LogP contribution in [0.4, 0.5) is 0 Å². The Morgan fingerprint density at radius 1 is 1.42 bits per heavy atom. The SMILES string of the molecule is CC(C)(CN)CNCCc1ccc2[nH]c(=O)oc2c1. The zero-order valence-electron chi connectivity index (χ0n) is 11.5. The van der Waals surface area contributed by atoms with Crippen molar-refractivity contribution < 1.29 is 4.42 Å². The summed E-state index contributed by atoms with van der Waals surface area (Å²) in [6, 6.07) is 5.78. The molecule has 0 spiro atoms. The van der Waals surface area contributed by atoms with Crippen LogP contribution in [0.1, 0.15) is 19.4 Å². The highest BCUT2D eigenvalue weighted by molar-refractivity contribution is 5.72. The molecule has 2 rings (SSSR count). The summed E-state index contributed by atoms with van der Waals surface area (Å²) in [6.45, 7) is 6.72. The molecule has 1 aromatic heterocycles. The van der Waals surface area contributed by atoms with Gasteiger partial charge in [-0.05, 0) is 42.6 Å². The highest BCUT2D eigenvalue weighted by Gasteiger charge is 2.14. The zero-order valence-corrected chi connectivity index (χ0v) is 11.5. The number of benzene rings is 1. The number of H-pyrrole nitrogens is 1. The van der Waals surface area contributed by atoms with Crippen molar-refractivity contribution in [3.63, 3.8) is 0 Å². The van der Waals surface area contributed by atoms with Gasteiger partial charge >= 0.3 is 5.76 Å². The van der Waals surface area contributed by atoms with E-state index in [1.54, 1.807) is 0 Å². The van der Waals surface area contributed by atoms with Gasteiger partial charge in [0.15, 0.2) is 5.58 Å². The first-order valence-electron chi connectivity index (χ1n) is 6.53. The minimum atomic E-state index is -0.407. The maximum atomic E-state index is 11.1. The Balaban J connectivity index is 1.89. The number of oxazole rings is 1. The first-order chi connectivity index (χ1) is 9.00. The molecule has 0 aliphatic heterocycles. The second-order valence-electron chi connectivity index (χ2n) is 5.64. The highest BCUT2D eigenvalue weighted by atomic mass is 16.4. The second kappa shape index (κ2) is 5.59. The molecule has 0 unspecified atom stereocenters. The Bertz CT molecular complexity index is 598. The van der Waals surface area contributed by atoms with Crippen LogP contribution in [0.15, 0.2) is 27.4 Å². The fraction of sp³-hybridized carbons (Fsp3) is 0.500. The molecule has 0 aliphatic rings. The summed E-state index contributed by atoms with van der Waals surface area (Å²) in [6.07, 6.45) is 0.894. The lowest BCUT2D eigenvalue weighted by atomic mass is 9.94. The van der Waals surface area contributed by atoms with Crippen molar-refractivity contribution in [3.8, 4) is 0 Å². The molecule has 0 radical (unpaired) electrons. The van der Waals surface area contributed by atoms with Gasteiger partial charge in [-0.25, -0.2) is 4.79 Å². The molecule has 0 bridgehead atoms. The summed E-state index contributed by atoms with van der Waals surface area (Å²) in [5.41, 5.74) is 8.30. The molecule has 1 aromatic carbocycles. The van der Waals surface area contributed by atoms with Gasteiger partial charge in [-0.1, -0.05) is 19.9 Å². The van der Waals surface area contributed by atoms with Crippen molar-refractivity contribution in [1.29, 1.82) is 0 Å². The Labute approximate surface area is 112 Å². The molecule has 4 N–H and O–H groups in total. The van der Waals surface area contributed by atoms with E-state index in [-0.39, 0.29) is 5.41 Å². The summed E-state index contributed by atoms with van der Waals surface area (Å²) in [5, 5.41) is 3.40. The van der Waals surface area contributed by atoms with Crippen LogP contribution in [-0.4, -0.2) is 24.6 Å². The van der Waals surface area contributed by atoms with Crippen LogP contribution in [0.5, 0.6) is 0 Å². The molecular formula is C14H21N3O2. The van der Waals surface area contributed by atoms with E-state index in [0.29, 0.717) is 12.1 Å². The van der Waals surface area contributed by atoms with Crippen LogP contribution in [0.25, 0.3) is 11.1 Å². The number of nitrogens with two attached hydrogens (primary N) is 1. The first-order valence-corrected chi connectivity index (χ1v) is 6.53. The summed E-state index contributed by atoms with van der Waals surface area (Å²) < 4.78 is 5.04. The monoisotopic (exact) mass is 263 g/mol. The molecule has 5 nitrogen and oxygen atoms in total. The van der Waals surface area contributed by atoms with Gasteiger partial charge in [-0.3, -0.25) is 4.98 Å². The fourth-order valence-corrected chi connectivity index (χ4v) is 1.88. The van der Waals surface area contributed by atoms with Crippen molar-refractivity contribution >= 4 is 11.1 Å². The zero-order chi connectivity index (χ0) is 13.9. The largest absolute Gasteiger partial charge is 0.417 e. The van der Waals surface area contributed by atoms with Gasteiger partial charge in [0.25, 0.3) is 0 Å². The number of fused-ring (bicyclic) bond motifs is 1. The van der Waals surface area contributed by atoms with Crippen molar-refractivity contribution in [3.05, 3.63) is 34.3 Å². The molecule has 0 amide bonds. The Morgan fingerprint density at radius 3 is 2.95 bits per heavy atom. The Morgan fingerprint density at radius 2 is 2.21 bits per heavy atom. The standard InChI is InChI=1S/C14H21N3O2/c1-14(2,8-15)9-16-6-5-10-3-4-11-12(7-10)19-13(18)17-11/h3-4,7,16H,5-6,8-9,15H2,1-2H3,(H,17,18). The van der Waals surface area contributed by atoms with E-state index in [1.165, 1.54) is 0 Å². The molecule has 1 heterocycles. The first kappa shape index (κ1) is 13.8. The van der Waals surface area contributed by atoms with E-state index in [2.05, 4.69) is 24.1 Å². The van der Waals surface area contributed by atoms with Gasteiger partial charge in [-0.2, -0.15) is 0 Å². The van der Waals surface area contributed by atoms with Crippen LogP contribution >= 0.6 is 0 Å². The number of nitrogens with one attached hydrogen (secondary N) is 2. The molecule has 0 aliphatic carbocycles. The van der Waals surface area contributed by atoms with Crippen LogP contribution < -0.4 is 16.8 Å². The maximum Gasteiger partial charge on any atom is 0.417 e. The minimum Gasteiger partial charge on any atom is -0.408 e. The van der Waals surface area contributed by atoms with E-state index in [9.17, 15) is 4.79 Å². The van der Waals surface area contributed by atoms with E-state index < -0.39 is 5.76 Å². The lowest BCUT2D eigenvalue weighted by Gasteiger charge is -2.22. The molecule has 0 saturated heterocycles. The van der Waals surface area contributed by atoms with Gasteiger partial charge < -0.3 is 15.5 Å². The molecule has 0 atom stereocenters. The van der Waals surface area contributed by atoms with Crippen LogP contribution in [0, 0.1) is 5.41 Å². The maximum absolute atomic E-state index is 11.1. The minimum absolute atomic E-state index is 0.122.